The Morgan fingerprint density at radius 1 is 0.926 bits per heavy atom. The van der Waals surface area contributed by atoms with Crippen LogP contribution in [0.25, 0.3) is 0 Å². The molecule has 140 valence electrons. The molecule has 0 amide bonds. The molecule has 4 saturated carbocycles. The molecule has 0 heterocycles. The van der Waals surface area contributed by atoms with Gasteiger partial charge in [0.25, 0.3) is 0 Å². The Morgan fingerprint density at radius 2 is 1.56 bits per heavy atom. The molecular weight excluding hydrogens is 328 g/mol. The van der Waals surface area contributed by atoms with Crippen molar-refractivity contribution in [3.63, 3.8) is 0 Å². The van der Waals surface area contributed by atoms with Crippen LogP contribution in [0.5, 0.6) is 0 Å². The van der Waals surface area contributed by atoms with Gasteiger partial charge >= 0.3 is 0 Å². The van der Waals surface area contributed by atoms with Gasteiger partial charge in [0.15, 0.2) is 0 Å². The van der Waals surface area contributed by atoms with Crippen molar-refractivity contribution in [3.8, 4) is 0 Å². The van der Waals surface area contributed by atoms with Crippen LogP contribution in [-0.2, 0) is 0 Å². The first kappa shape index (κ1) is 17.0. The number of aryl methyl sites for hydroxylation is 2. The first-order chi connectivity index (χ1) is 13.1. The summed E-state index contributed by atoms with van der Waals surface area (Å²) in [6.45, 7) is 4.43. The van der Waals surface area contributed by atoms with Crippen LogP contribution < -0.4 is 5.32 Å². The van der Waals surface area contributed by atoms with Crippen LogP contribution in [0.4, 0.5) is 11.4 Å². The lowest BCUT2D eigenvalue weighted by Gasteiger charge is -2.57. The SMILES string of the molecule is Cc1cc(C)c(NC23CC4CC(CC(C4)C2)C3)c(/C=N/c2ccccc2)c1. The molecule has 0 radical (unpaired) electrons. The fourth-order valence-electron chi connectivity index (χ4n) is 6.46. The van der Waals surface area contributed by atoms with E-state index in [2.05, 4.69) is 49.6 Å². The fourth-order valence-corrected chi connectivity index (χ4v) is 6.46. The maximum atomic E-state index is 4.75. The summed E-state index contributed by atoms with van der Waals surface area (Å²) < 4.78 is 0. The summed E-state index contributed by atoms with van der Waals surface area (Å²) in [6.07, 6.45) is 10.6. The van der Waals surface area contributed by atoms with Gasteiger partial charge in [0, 0.05) is 23.0 Å². The van der Waals surface area contributed by atoms with Crippen molar-refractivity contribution in [1.29, 1.82) is 0 Å². The predicted octanol–water partition coefficient (Wildman–Crippen LogP) is 6.43. The summed E-state index contributed by atoms with van der Waals surface area (Å²) in [5, 5.41) is 4.10. The van der Waals surface area contributed by atoms with Gasteiger partial charge in [0.1, 0.15) is 0 Å². The molecular formula is C25H30N2. The lowest BCUT2D eigenvalue weighted by Crippen LogP contribution is -2.55. The number of rotatable bonds is 4. The molecule has 0 unspecified atom stereocenters. The molecule has 0 atom stereocenters. The topological polar surface area (TPSA) is 24.4 Å². The van der Waals surface area contributed by atoms with Crippen LogP contribution in [0.1, 0.15) is 55.2 Å². The second kappa shape index (κ2) is 6.51. The van der Waals surface area contributed by atoms with Gasteiger partial charge in [-0.15, -0.1) is 0 Å². The highest BCUT2D eigenvalue weighted by molar-refractivity contribution is 5.91. The van der Waals surface area contributed by atoms with E-state index in [1.165, 1.54) is 60.9 Å². The fraction of sp³-hybridized carbons (Fsp3) is 0.480. The highest BCUT2D eigenvalue weighted by Gasteiger charge is 2.51. The lowest BCUT2D eigenvalue weighted by molar-refractivity contribution is 0.0107. The van der Waals surface area contributed by atoms with Crippen LogP contribution in [0.15, 0.2) is 47.5 Å². The number of hydrogen-bond donors (Lipinski definition) is 1. The molecule has 2 aromatic rings. The molecule has 0 spiro atoms. The first-order valence-electron chi connectivity index (χ1n) is 10.6. The summed E-state index contributed by atoms with van der Waals surface area (Å²) in [6, 6.07) is 14.8. The van der Waals surface area contributed by atoms with Crippen molar-refractivity contribution in [3.05, 3.63) is 59.2 Å². The van der Waals surface area contributed by atoms with E-state index in [0.717, 1.165) is 23.4 Å². The largest absolute Gasteiger partial charge is 0.379 e. The van der Waals surface area contributed by atoms with Gasteiger partial charge in [-0.2, -0.15) is 0 Å². The van der Waals surface area contributed by atoms with Crippen LogP contribution in [0.3, 0.4) is 0 Å². The molecule has 4 bridgehead atoms. The van der Waals surface area contributed by atoms with Crippen LogP contribution in [0, 0.1) is 31.6 Å². The third kappa shape index (κ3) is 3.31. The Balaban J connectivity index is 1.48. The smallest absolute Gasteiger partial charge is 0.0629 e. The normalized spacial score (nSPS) is 31.6. The zero-order valence-corrected chi connectivity index (χ0v) is 16.5. The minimum absolute atomic E-state index is 0.324. The van der Waals surface area contributed by atoms with Gasteiger partial charge in [-0.05, 0) is 93.9 Å². The summed E-state index contributed by atoms with van der Waals surface area (Å²) >= 11 is 0. The van der Waals surface area contributed by atoms with E-state index in [1.54, 1.807) is 0 Å². The van der Waals surface area contributed by atoms with Gasteiger partial charge in [0.05, 0.1) is 5.69 Å². The maximum Gasteiger partial charge on any atom is 0.0629 e. The summed E-state index contributed by atoms with van der Waals surface area (Å²) in [7, 11) is 0. The number of nitrogens with zero attached hydrogens (tertiary/aromatic N) is 1. The van der Waals surface area contributed by atoms with Crippen molar-refractivity contribution >= 4 is 17.6 Å². The Hall–Kier alpha value is -2.09. The summed E-state index contributed by atoms with van der Waals surface area (Å²) in [4.78, 5) is 4.75. The minimum atomic E-state index is 0.324. The standard InChI is InChI=1S/C25H30N2/c1-17-8-18(2)24(22(9-17)16-26-23-6-4-3-5-7-23)27-25-13-19-10-20(14-25)12-21(11-19)15-25/h3-9,16,19-21,27H,10-15H2,1-2H3/b26-16+. The zero-order valence-electron chi connectivity index (χ0n) is 16.5. The van der Waals surface area contributed by atoms with Crippen molar-refractivity contribution in [2.75, 3.05) is 5.32 Å². The second-order valence-electron chi connectivity index (χ2n) is 9.46. The molecule has 0 aliphatic heterocycles. The molecule has 2 heteroatoms. The number of aliphatic imine (C=N–C) groups is 1. The van der Waals surface area contributed by atoms with Crippen molar-refractivity contribution in [2.24, 2.45) is 22.7 Å². The number of benzene rings is 2. The van der Waals surface area contributed by atoms with Gasteiger partial charge in [-0.1, -0.05) is 29.8 Å². The van der Waals surface area contributed by atoms with Gasteiger partial charge in [0.2, 0.25) is 0 Å². The molecule has 4 fully saturated rings. The second-order valence-corrected chi connectivity index (χ2v) is 9.46. The Morgan fingerprint density at radius 3 is 2.19 bits per heavy atom. The summed E-state index contributed by atoms with van der Waals surface area (Å²) in [5.74, 6) is 2.86. The van der Waals surface area contributed by atoms with Crippen molar-refractivity contribution < 1.29 is 0 Å². The Kier molecular flexibility index (Phi) is 4.11. The molecule has 27 heavy (non-hydrogen) atoms. The maximum absolute atomic E-state index is 4.75. The van der Waals surface area contributed by atoms with E-state index in [9.17, 15) is 0 Å². The molecule has 0 saturated heterocycles. The quantitative estimate of drug-likeness (QED) is 0.625. The average Bonchev–Trinajstić information content (AvgIpc) is 2.62. The van der Waals surface area contributed by atoms with Crippen molar-refractivity contribution in [2.45, 2.75) is 57.9 Å². The first-order valence-corrected chi connectivity index (χ1v) is 10.6. The van der Waals surface area contributed by atoms with E-state index in [1.807, 2.05) is 18.2 Å². The third-order valence-corrected chi connectivity index (χ3v) is 7.05. The lowest BCUT2D eigenvalue weighted by atomic mass is 9.53. The highest BCUT2D eigenvalue weighted by atomic mass is 15.0. The Bertz CT molecular complexity index is 830. The average molecular weight is 359 g/mol. The summed E-state index contributed by atoms with van der Waals surface area (Å²) in [5.41, 5.74) is 6.52. The van der Waals surface area contributed by atoms with E-state index in [4.69, 9.17) is 4.99 Å². The Labute approximate surface area is 163 Å². The number of anilines is 1. The van der Waals surface area contributed by atoms with Gasteiger partial charge < -0.3 is 5.32 Å². The van der Waals surface area contributed by atoms with E-state index < -0.39 is 0 Å². The van der Waals surface area contributed by atoms with E-state index in [-0.39, 0.29) is 0 Å². The highest BCUT2D eigenvalue weighted by Crippen LogP contribution is 2.56. The molecule has 2 aromatic carbocycles. The minimum Gasteiger partial charge on any atom is -0.379 e. The van der Waals surface area contributed by atoms with Gasteiger partial charge in [-0.25, -0.2) is 0 Å². The van der Waals surface area contributed by atoms with Crippen LogP contribution in [-0.4, -0.2) is 11.8 Å². The van der Waals surface area contributed by atoms with Crippen LogP contribution in [0.2, 0.25) is 0 Å². The van der Waals surface area contributed by atoms with E-state index in [0.29, 0.717) is 5.54 Å². The van der Waals surface area contributed by atoms with E-state index >= 15 is 0 Å². The molecule has 0 aromatic heterocycles. The van der Waals surface area contributed by atoms with Gasteiger partial charge in [-0.3, -0.25) is 4.99 Å². The van der Waals surface area contributed by atoms with Crippen LogP contribution >= 0.6 is 0 Å². The zero-order chi connectivity index (χ0) is 18.4. The monoisotopic (exact) mass is 358 g/mol. The third-order valence-electron chi connectivity index (χ3n) is 7.05. The predicted molar refractivity (Wildman–Crippen MR) is 114 cm³/mol. The number of nitrogens with one attached hydrogen (secondary N) is 1. The van der Waals surface area contributed by atoms with Crippen molar-refractivity contribution in [1.82, 2.24) is 0 Å². The number of para-hydroxylation sites is 1. The molecule has 2 nitrogen and oxygen atoms in total. The molecule has 1 N–H and O–H groups in total. The molecule has 4 aliphatic rings. The molecule has 4 aliphatic carbocycles. The molecule has 6 rings (SSSR count). The number of hydrogen-bond acceptors (Lipinski definition) is 2.